The molecule has 4 heteroatoms. The van der Waals surface area contributed by atoms with Gasteiger partial charge in [0.1, 0.15) is 11.5 Å². The summed E-state index contributed by atoms with van der Waals surface area (Å²) in [6, 6.07) is 0.492. The van der Waals surface area contributed by atoms with E-state index in [4.69, 9.17) is 4.42 Å². The van der Waals surface area contributed by atoms with Gasteiger partial charge in [-0.1, -0.05) is 0 Å². The lowest BCUT2D eigenvalue weighted by Gasteiger charge is -2.24. The molecule has 2 aliphatic heterocycles. The Labute approximate surface area is 114 Å². The molecule has 3 heterocycles. The van der Waals surface area contributed by atoms with Gasteiger partial charge in [0, 0.05) is 24.7 Å². The Bertz CT molecular complexity index is 492. The lowest BCUT2D eigenvalue weighted by molar-refractivity contribution is 0.0783. The zero-order valence-electron chi connectivity index (χ0n) is 12.0. The molecule has 2 fully saturated rings. The van der Waals surface area contributed by atoms with E-state index in [1.165, 1.54) is 12.8 Å². The SMILES string of the molecule is Cc1oc(C)c(C(=O)N2C[C@@H]3CCCN[C@@H]3C2)c1C. The minimum Gasteiger partial charge on any atom is -0.466 e. The average Bonchev–Trinajstić information content (AvgIpc) is 2.91. The molecule has 2 aliphatic rings. The van der Waals surface area contributed by atoms with Crippen LogP contribution in [0.25, 0.3) is 0 Å². The smallest absolute Gasteiger partial charge is 0.257 e. The van der Waals surface area contributed by atoms with E-state index in [1.807, 2.05) is 25.7 Å². The highest BCUT2D eigenvalue weighted by molar-refractivity contribution is 5.97. The number of rotatable bonds is 1. The van der Waals surface area contributed by atoms with Gasteiger partial charge in [0.2, 0.25) is 0 Å². The van der Waals surface area contributed by atoms with Crippen molar-refractivity contribution >= 4 is 5.91 Å². The second kappa shape index (κ2) is 4.67. The van der Waals surface area contributed by atoms with Crippen LogP contribution in [0.5, 0.6) is 0 Å². The maximum absolute atomic E-state index is 12.7. The van der Waals surface area contributed by atoms with Crippen LogP contribution in [0.4, 0.5) is 0 Å². The molecule has 0 saturated carbocycles. The maximum Gasteiger partial charge on any atom is 0.257 e. The van der Waals surface area contributed by atoms with E-state index in [0.29, 0.717) is 12.0 Å². The molecule has 2 atom stereocenters. The van der Waals surface area contributed by atoms with Crippen LogP contribution in [0, 0.1) is 26.7 Å². The number of hydrogen-bond acceptors (Lipinski definition) is 3. The number of nitrogens with one attached hydrogen (secondary N) is 1. The number of nitrogens with zero attached hydrogens (tertiary/aromatic N) is 1. The van der Waals surface area contributed by atoms with Gasteiger partial charge in [-0.2, -0.15) is 0 Å². The number of likely N-dealkylation sites (tertiary alicyclic amines) is 1. The van der Waals surface area contributed by atoms with Gasteiger partial charge in [0.15, 0.2) is 0 Å². The second-order valence-electron chi connectivity index (χ2n) is 5.89. The van der Waals surface area contributed by atoms with Crippen LogP contribution < -0.4 is 5.32 Å². The summed E-state index contributed by atoms with van der Waals surface area (Å²) in [5, 5.41) is 3.53. The Hall–Kier alpha value is -1.29. The largest absolute Gasteiger partial charge is 0.466 e. The molecule has 19 heavy (non-hydrogen) atoms. The molecule has 1 aromatic heterocycles. The molecule has 0 spiro atoms. The van der Waals surface area contributed by atoms with Crippen molar-refractivity contribution in [3.63, 3.8) is 0 Å². The van der Waals surface area contributed by atoms with Gasteiger partial charge in [-0.05, 0) is 46.1 Å². The molecule has 3 rings (SSSR count). The van der Waals surface area contributed by atoms with E-state index in [1.54, 1.807) is 0 Å². The number of carbonyl (C=O) groups excluding carboxylic acids is 1. The van der Waals surface area contributed by atoms with Crippen LogP contribution in [0.15, 0.2) is 4.42 Å². The molecule has 1 amide bonds. The summed E-state index contributed by atoms with van der Waals surface area (Å²) in [4.78, 5) is 14.7. The molecule has 104 valence electrons. The first-order valence-corrected chi connectivity index (χ1v) is 7.17. The first kappa shape index (κ1) is 12.7. The summed E-state index contributed by atoms with van der Waals surface area (Å²) in [6.07, 6.45) is 2.47. The van der Waals surface area contributed by atoms with Crippen LogP contribution in [0.3, 0.4) is 0 Å². The van der Waals surface area contributed by atoms with Crippen molar-refractivity contribution in [3.05, 3.63) is 22.6 Å². The third-order valence-corrected chi connectivity index (χ3v) is 4.66. The van der Waals surface area contributed by atoms with Crippen molar-refractivity contribution in [2.75, 3.05) is 19.6 Å². The predicted octanol–water partition coefficient (Wildman–Crippen LogP) is 2.03. The van der Waals surface area contributed by atoms with E-state index < -0.39 is 0 Å². The van der Waals surface area contributed by atoms with Crippen LogP contribution in [-0.4, -0.2) is 36.5 Å². The molecule has 0 aliphatic carbocycles. The van der Waals surface area contributed by atoms with E-state index >= 15 is 0 Å². The average molecular weight is 262 g/mol. The summed E-state index contributed by atoms with van der Waals surface area (Å²) in [7, 11) is 0. The van der Waals surface area contributed by atoms with Gasteiger partial charge in [-0.25, -0.2) is 0 Å². The molecular weight excluding hydrogens is 240 g/mol. The van der Waals surface area contributed by atoms with Crippen LogP contribution >= 0.6 is 0 Å². The summed E-state index contributed by atoms with van der Waals surface area (Å²) in [5.41, 5.74) is 1.77. The molecule has 1 N–H and O–H groups in total. The van der Waals surface area contributed by atoms with E-state index in [9.17, 15) is 4.79 Å². The lowest BCUT2D eigenvalue weighted by Crippen LogP contribution is -2.41. The van der Waals surface area contributed by atoms with Crippen LogP contribution in [0.1, 0.15) is 40.3 Å². The van der Waals surface area contributed by atoms with Crippen molar-refractivity contribution < 1.29 is 9.21 Å². The number of amides is 1. The van der Waals surface area contributed by atoms with Gasteiger partial charge < -0.3 is 14.6 Å². The van der Waals surface area contributed by atoms with Gasteiger partial charge >= 0.3 is 0 Å². The molecule has 2 saturated heterocycles. The first-order chi connectivity index (χ1) is 9.08. The summed E-state index contributed by atoms with van der Waals surface area (Å²) in [6.45, 7) is 8.59. The first-order valence-electron chi connectivity index (χ1n) is 7.17. The van der Waals surface area contributed by atoms with Crippen LogP contribution in [-0.2, 0) is 0 Å². The zero-order chi connectivity index (χ0) is 13.6. The number of piperidine rings is 1. The van der Waals surface area contributed by atoms with Crippen molar-refractivity contribution in [2.45, 2.75) is 39.7 Å². The Morgan fingerprint density at radius 2 is 2.05 bits per heavy atom. The van der Waals surface area contributed by atoms with Crippen molar-refractivity contribution in [1.82, 2.24) is 10.2 Å². The molecular formula is C15H22N2O2. The number of carbonyl (C=O) groups is 1. The Morgan fingerprint density at radius 1 is 1.26 bits per heavy atom. The third-order valence-electron chi connectivity index (χ3n) is 4.66. The molecule has 0 bridgehead atoms. The van der Waals surface area contributed by atoms with E-state index in [0.717, 1.165) is 42.3 Å². The number of hydrogen-bond donors (Lipinski definition) is 1. The quantitative estimate of drug-likeness (QED) is 0.842. The Balaban J connectivity index is 1.81. The number of fused-ring (bicyclic) bond motifs is 1. The highest BCUT2D eigenvalue weighted by Gasteiger charge is 2.37. The normalized spacial score (nSPS) is 26.6. The number of furan rings is 1. The van der Waals surface area contributed by atoms with Gasteiger partial charge in [0.25, 0.3) is 5.91 Å². The molecule has 0 radical (unpaired) electrons. The van der Waals surface area contributed by atoms with Crippen molar-refractivity contribution in [1.29, 1.82) is 0 Å². The lowest BCUT2D eigenvalue weighted by atomic mass is 9.94. The van der Waals surface area contributed by atoms with Crippen molar-refractivity contribution in [3.8, 4) is 0 Å². The van der Waals surface area contributed by atoms with E-state index in [2.05, 4.69) is 5.32 Å². The minimum absolute atomic E-state index is 0.142. The standard InChI is InChI=1S/C15H22N2O2/c1-9-10(2)19-11(3)14(9)15(18)17-7-12-5-4-6-16-13(12)8-17/h12-13,16H,4-8H2,1-3H3/t12-,13+/m0/s1. The fourth-order valence-electron chi connectivity index (χ4n) is 3.48. The Kier molecular flexibility index (Phi) is 3.13. The maximum atomic E-state index is 12.7. The predicted molar refractivity (Wildman–Crippen MR) is 73.3 cm³/mol. The monoisotopic (exact) mass is 262 g/mol. The summed E-state index contributed by atoms with van der Waals surface area (Å²) >= 11 is 0. The van der Waals surface area contributed by atoms with Crippen molar-refractivity contribution in [2.24, 2.45) is 5.92 Å². The Morgan fingerprint density at radius 3 is 2.68 bits per heavy atom. The molecule has 0 unspecified atom stereocenters. The van der Waals surface area contributed by atoms with E-state index in [-0.39, 0.29) is 5.91 Å². The summed E-state index contributed by atoms with van der Waals surface area (Å²) < 4.78 is 5.58. The fraction of sp³-hybridized carbons (Fsp3) is 0.667. The third kappa shape index (κ3) is 2.08. The van der Waals surface area contributed by atoms with Gasteiger partial charge in [-0.3, -0.25) is 4.79 Å². The minimum atomic E-state index is 0.142. The zero-order valence-corrected chi connectivity index (χ0v) is 12.0. The van der Waals surface area contributed by atoms with Gasteiger partial charge in [0.05, 0.1) is 5.56 Å². The molecule has 1 aromatic rings. The molecule has 0 aromatic carbocycles. The number of aryl methyl sites for hydroxylation is 2. The highest BCUT2D eigenvalue weighted by atomic mass is 16.3. The topological polar surface area (TPSA) is 45.5 Å². The van der Waals surface area contributed by atoms with Crippen LogP contribution in [0.2, 0.25) is 0 Å². The second-order valence-corrected chi connectivity index (χ2v) is 5.89. The van der Waals surface area contributed by atoms with Gasteiger partial charge in [-0.15, -0.1) is 0 Å². The summed E-state index contributed by atoms with van der Waals surface area (Å²) in [5.74, 6) is 2.38. The highest BCUT2D eigenvalue weighted by Crippen LogP contribution is 2.28. The molecule has 4 nitrogen and oxygen atoms in total. The fourth-order valence-corrected chi connectivity index (χ4v) is 3.48.